The number of aromatic nitrogens is 1. The predicted octanol–water partition coefficient (Wildman–Crippen LogP) is 3.51. The van der Waals surface area contributed by atoms with Crippen LogP contribution in [0.4, 0.5) is 10.1 Å². The lowest BCUT2D eigenvalue weighted by molar-refractivity contribution is 0.607. The van der Waals surface area contributed by atoms with Crippen LogP contribution in [0.2, 0.25) is 0 Å². The smallest absolute Gasteiger partial charge is 0.123 e. The number of hydrogen-bond donors (Lipinski definition) is 1. The molecule has 0 fully saturated rings. The Kier molecular flexibility index (Phi) is 4.73. The van der Waals surface area contributed by atoms with Crippen molar-refractivity contribution in [1.29, 1.82) is 0 Å². The van der Waals surface area contributed by atoms with E-state index in [2.05, 4.69) is 20.6 Å². The van der Waals surface area contributed by atoms with Crippen molar-refractivity contribution < 1.29 is 4.39 Å². The molecule has 0 aliphatic rings. The molecule has 0 saturated carbocycles. The highest BCUT2D eigenvalue weighted by Gasteiger charge is 2.14. The lowest BCUT2D eigenvalue weighted by Gasteiger charge is -2.24. The molecular weight excluding hydrogens is 273 g/mol. The first-order valence-electron chi connectivity index (χ1n) is 6.60. The molecule has 0 aliphatic carbocycles. The van der Waals surface area contributed by atoms with Gasteiger partial charge in [0.15, 0.2) is 0 Å². The van der Waals surface area contributed by atoms with Crippen LogP contribution in [0.15, 0.2) is 23.6 Å². The van der Waals surface area contributed by atoms with Gasteiger partial charge >= 0.3 is 0 Å². The third-order valence-electron chi connectivity index (χ3n) is 3.37. The average molecular weight is 293 g/mol. The average Bonchev–Trinajstić information content (AvgIpc) is 2.82. The Labute approximate surface area is 123 Å². The van der Waals surface area contributed by atoms with Gasteiger partial charge in [0, 0.05) is 24.2 Å². The van der Waals surface area contributed by atoms with Crippen LogP contribution in [0.3, 0.4) is 0 Å². The Morgan fingerprint density at radius 1 is 1.45 bits per heavy atom. The van der Waals surface area contributed by atoms with Crippen LogP contribution in [-0.2, 0) is 6.54 Å². The molecular formula is C15H20FN3S. The van der Waals surface area contributed by atoms with E-state index in [-0.39, 0.29) is 11.9 Å². The number of aryl methyl sites for hydroxylation is 1. The Morgan fingerprint density at radius 2 is 2.20 bits per heavy atom. The summed E-state index contributed by atoms with van der Waals surface area (Å²) in [5.74, 6) is -0.205. The van der Waals surface area contributed by atoms with E-state index in [1.54, 1.807) is 17.4 Å². The highest BCUT2D eigenvalue weighted by atomic mass is 32.1. The SMILES string of the molecule is CNC(C)c1cc(F)ccc1N(C)Cc1csc(C)n1. The fraction of sp³-hybridized carbons (Fsp3) is 0.400. The number of thiazole rings is 1. The van der Waals surface area contributed by atoms with Crippen LogP contribution in [0.25, 0.3) is 0 Å². The van der Waals surface area contributed by atoms with E-state index in [1.165, 1.54) is 6.07 Å². The Morgan fingerprint density at radius 3 is 2.80 bits per heavy atom. The van der Waals surface area contributed by atoms with Gasteiger partial charge in [-0.15, -0.1) is 11.3 Å². The molecule has 1 N–H and O–H groups in total. The van der Waals surface area contributed by atoms with Crippen molar-refractivity contribution in [3.05, 3.63) is 45.7 Å². The quantitative estimate of drug-likeness (QED) is 0.914. The molecule has 5 heteroatoms. The molecule has 1 aromatic carbocycles. The zero-order chi connectivity index (χ0) is 14.7. The first kappa shape index (κ1) is 14.9. The van der Waals surface area contributed by atoms with E-state index in [0.717, 1.165) is 28.5 Å². The Balaban J connectivity index is 2.26. The summed E-state index contributed by atoms with van der Waals surface area (Å²) in [5, 5.41) is 6.30. The highest BCUT2D eigenvalue weighted by molar-refractivity contribution is 7.09. The van der Waals surface area contributed by atoms with E-state index in [4.69, 9.17) is 0 Å². The second kappa shape index (κ2) is 6.33. The normalized spacial score (nSPS) is 12.4. The summed E-state index contributed by atoms with van der Waals surface area (Å²) in [6.45, 7) is 4.75. The first-order chi connectivity index (χ1) is 9.51. The van der Waals surface area contributed by atoms with E-state index in [9.17, 15) is 4.39 Å². The summed E-state index contributed by atoms with van der Waals surface area (Å²) in [6, 6.07) is 5.03. The zero-order valence-corrected chi connectivity index (χ0v) is 13.1. The third kappa shape index (κ3) is 3.35. The molecule has 0 saturated heterocycles. The van der Waals surface area contributed by atoms with Gasteiger partial charge in [-0.25, -0.2) is 9.37 Å². The fourth-order valence-electron chi connectivity index (χ4n) is 2.18. The summed E-state index contributed by atoms with van der Waals surface area (Å²) < 4.78 is 13.5. The summed E-state index contributed by atoms with van der Waals surface area (Å²) in [4.78, 5) is 6.58. The fourth-order valence-corrected chi connectivity index (χ4v) is 2.79. The zero-order valence-electron chi connectivity index (χ0n) is 12.3. The van der Waals surface area contributed by atoms with Gasteiger partial charge in [-0.3, -0.25) is 0 Å². The summed E-state index contributed by atoms with van der Waals surface area (Å²) in [5.41, 5.74) is 3.03. The summed E-state index contributed by atoms with van der Waals surface area (Å²) in [6.07, 6.45) is 0. The summed E-state index contributed by atoms with van der Waals surface area (Å²) in [7, 11) is 3.89. The van der Waals surface area contributed by atoms with Crippen molar-refractivity contribution in [2.45, 2.75) is 26.4 Å². The highest BCUT2D eigenvalue weighted by Crippen LogP contribution is 2.27. The van der Waals surface area contributed by atoms with Crippen LogP contribution < -0.4 is 10.2 Å². The lowest BCUT2D eigenvalue weighted by atomic mass is 10.0. The van der Waals surface area contributed by atoms with E-state index in [0.29, 0.717) is 0 Å². The van der Waals surface area contributed by atoms with Gasteiger partial charge in [-0.1, -0.05) is 0 Å². The van der Waals surface area contributed by atoms with Crippen molar-refractivity contribution in [1.82, 2.24) is 10.3 Å². The van der Waals surface area contributed by atoms with Crippen molar-refractivity contribution >= 4 is 17.0 Å². The number of nitrogens with one attached hydrogen (secondary N) is 1. The number of benzene rings is 1. The number of nitrogens with zero attached hydrogens (tertiary/aromatic N) is 2. The predicted molar refractivity (Wildman–Crippen MR) is 82.8 cm³/mol. The van der Waals surface area contributed by atoms with Gasteiger partial charge in [0.25, 0.3) is 0 Å². The second-order valence-corrected chi connectivity index (χ2v) is 5.99. The second-order valence-electron chi connectivity index (χ2n) is 4.93. The van der Waals surface area contributed by atoms with E-state index in [1.807, 2.05) is 34.0 Å². The topological polar surface area (TPSA) is 28.2 Å². The maximum Gasteiger partial charge on any atom is 0.123 e. The molecule has 0 amide bonds. The van der Waals surface area contributed by atoms with Gasteiger partial charge in [0.2, 0.25) is 0 Å². The maximum absolute atomic E-state index is 13.5. The minimum atomic E-state index is -0.205. The van der Waals surface area contributed by atoms with Crippen LogP contribution >= 0.6 is 11.3 Å². The van der Waals surface area contributed by atoms with Crippen molar-refractivity contribution in [3.8, 4) is 0 Å². The van der Waals surface area contributed by atoms with Gasteiger partial charge < -0.3 is 10.2 Å². The van der Waals surface area contributed by atoms with Gasteiger partial charge in [-0.2, -0.15) is 0 Å². The maximum atomic E-state index is 13.5. The molecule has 3 nitrogen and oxygen atoms in total. The number of hydrogen-bond acceptors (Lipinski definition) is 4. The number of halogens is 1. The van der Waals surface area contributed by atoms with Crippen molar-refractivity contribution in [2.75, 3.05) is 19.0 Å². The van der Waals surface area contributed by atoms with Gasteiger partial charge in [0.05, 0.1) is 17.2 Å². The number of anilines is 1. The van der Waals surface area contributed by atoms with Gasteiger partial charge in [0.1, 0.15) is 5.82 Å². The van der Waals surface area contributed by atoms with Crippen LogP contribution in [0.5, 0.6) is 0 Å². The van der Waals surface area contributed by atoms with E-state index < -0.39 is 0 Å². The molecule has 0 bridgehead atoms. The van der Waals surface area contributed by atoms with Crippen molar-refractivity contribution in [2.24, 2.45) is 0 Å². The van der Waals surface area contributed by atoms with E-state index >= 15 is 0 Å². The Bertz CT molecular complexity index is 582. The molecule has 1 aromatic heterocycles. The molecule has 0 spiro atoms. The van der Waals surface area contributed by atoms with Gasteiger partial charge in [-0.05, 0) is 44.7 Å². The molecule has 1 atom stereocenters. The first-order valence-corrected chi connectivity index (χ1v) is 7.48. The van der Waals surface area contributed by atoms with Crippen LogP contribution in [0, 0.1) is 12.7 Å². The minimum absolute atomic E-state index is 0.0975. The third-order valence-corrected chi connectivity index (χ3v) is 4.19. The largest absolute Gasteiger partial charge is 0.368 e. The summed E-state index contributed by atoms with van der Waals surface area (Å²) >= 11 is 1.65. The standard InChI is InChI=1S/C15H20FN3S/c1-10(17-3)14-7-12(16)5-6-15(14)19(4)8-13-9-20-11(2)18-13/h5-7,9-10,17H,8H2,1-4H3. The Hall–Kier alpha value is -1.46. The molecule has 0 aliphatic heterocycles. The molecule has 0 radical (unpaired) electrons. The van der Waals surface area contributed by atoms with Crippen LogP contribution in [-0.4, -0.2) is 19.1 Å². The van der Waals surface area contributed by atoms with Crippen LogP contribution in [0.1, 0.15) is 29.2 Å². The molecule has 2 aromatic rings. The monoisotopic (exact) mass is 293 g/mol. The lowest BCUT2D eigenvalue weighted by Crippen LogP contribution is -2.22. The molecule has 108 valence electrons. The number of rotatable bonds is 5. The molecule has 20 heavy (non-hydrogen) atoms. The minimum Gasteiger partial charge on any atom is -0.368 e. The molecule has 2 rings (SSSR count). The van der Waals surface area contributed by atoms with Crippen molar-refractivity contribution in [3.63, 3.8) is 0 Å². The molecule has 1 unspecified atom stereocenters. The molecule has 1 heterocycles.